The molecule has 0 fully saturated rings. The number of pyridine rings is 1. The first-order chi connectivity index (χ1) is 16.2. The number of amides is 2. The van der Waals surface area contributed by atoms with Crippen LogP contribution in [0.15, 0.2) is 42.5 Å². The second-order valence-electron chi connectivity index (χ2n) is 7.65. The Kier molecular flexibility index (Phi) is 5.77. The number of aryl methyl sites for hydroxylation is 1. The number of nitrogens with zero attached hydrogens (tertiary/aromatic N) is 4. The number of hydrogen-bond donors (Lipinski definition) is 2. The highest BCUT2D eigenvalue weighted by Crippen LogP contribution is 2.25. The summed E-state index contributed by atoms with van der Waals surface area (Å²) in [6.45, 7) is 3.62. The van der Waals surface area contributed by atoms with Crippen LogP contribution in [0.4, 0.5) is 14.5 Å². The van der Waals surface area contributed by atoms with Gasteiger partial charge in [-0.05, 0) is 49.7 Å². The molecule has 2 aromatic heterocycles. The quantitative estimate of drug-likeness (QED) is 0.471. The van der Waals surface area contributed by atoms with Gasteiger partial charge in [0.25, 0.3) is 11.8 Å². The molecule has 2 aromatic carbocycles. The minimum Gasteiger partial charge on any atom is -0.364 e. The van der Waals surface area contributed by atoms with Crippen molar-refractivity contribution in [2.75, 3.05) is 5.32 Å². The van der Waals surface area contributed by atoms with Gasteiger partial charge in [-0.3, -0.25) is 14.3 Å². The van der Waals surface area contributed by atoms with Crippen LogP contribution >= 0.6 is 0 Å². The number of carbonyl (C=O) groups excluding carboxylic acids is 2. The molecule has 0 aliphatic rings. The highest BCUT2D eigenvalue weighted by atomic mass is 19.1. The van der Waals surface area contributed by atoms with Gasteiger partial charge in [0.15, 0.2) is 0 Å². The smallest absolute Gasteiger partial charge is 0.267 e. The van der Waals surface area contributed by atoms with Crippen LogP contribution in [0.2, 0.25) is 0 Å². The zero-order valence-electron chi connectivity index (χ0n) is 18.2. The van der Waals surface area contributed by atoms with E-state index < -0.39 is 23.4 Å². The number of nitrogens with one attached hydrogen (secondary N) is 1. The molecule has 0 saturated heterocycles. The monoisotopic (exact) mass is 460 g/mol. The number of benzene rings is 2. The van der Waals surface area contributed by atoms with Gasteiger partial charge in [0.2, 0.25) is 0 Å². The molecule has 2 amide bonds. The van der Waals surface area contributed by atoms with E-state index in [0.717, 1.165) is 12.1 Å². The van der Waals surface area contributed by atoms with Crippen molar-refractivity contribution in [3.05, 3.63) is 87.9 Å². The van der Waals surface area contributed by atoms with Gasteiger partial charge < -0.3 is 11.1 Å². The molecule has 0 spiro atoms. The average Bonchev–Trinajstić information content (AvgIpc) is 3.06. The third-order valence-electron chi connectivity index (χ3n) is 5.40. The Bertz CT molecular complexity index is 1520. The van der Waals surface area contributed by atoms with Gasteiger partial charge in [0, 0.05) is 11.5 Å². The van der Waals surface area contributed by atoms with Gasteiger partial charge in [-0.25, -0.2) is 13.8 Å². The number of rotatable bonds is 5. The summed E-state index contributed by atoms with van der Waals surface area (Å²) in [4.78, 5) is 28.9. The fraction of sp³-hybridized carbons (Fsp3) is 0.125. The summed E-state index contributed by atoms with van der Waals surface area (Å²) in [6.07, 6.45) is 0. The van der Waals surface area contributed by atoms with E-state index in [1.165, 1.54) is 30.3 Å². The Balaban J connectivity index is 1.70. The van der Waals surface area contributed by atoms with Crippen LogP contribution < -0.4 is 11.1 Å². The topological polar surface area (TPSA) is 127 Å². The van der Waals surface area contributed by atoms with Crippen molar-refractivity contribution in [1.29, 1.82) is 5.26 Å². The lowest BCUT2D eigenvalue weighted by Crippen LogP contribution is -2.18. The summed E-state index contributed by atoms with van der Waals surface area (Å²) in [5, 5.41) is 16.9. The van der Waals surface area contributed by atoms with Crippen LogP contribution in [0.3, 0.4) is 0 Å². The molecule has 10 heteroatoms. The standard InChI is InChI=1S/C24H18F2N6O2/c1-12-22(13(2)32(31-12)11-14-3-4-16(25)7-15(14)10-27)30-24(34)19-9-21(23(28)33)29-20-8-17(26)5-6-18(19)20/h3-9H,11H2,1-2H3,(H2,28,33)(H,30,34). The van der Waals surface area contributed by atoms with E-state index in [1.54, 1.807) is 18.5 Å². The minimum atomic E-state index is -0.854. The normalized spacial score (nSPS) is 10.8. The lowest BCUT2D eigenvalue weighted by molar-refractivity contribution is 0.0996. The summed E-state index contributed by atoms with van der Waals surface area (Å²) in [5.41, 5.74) is 7.66. The molecule has 4 aromatic rings. The number of hydrogen-bond acceptors (Lipinski definition) is 5. The minimum absolute atomic E-state index is 0.0932. The Morgan fingerprint density at radius 3 is 2.53 bits per heavy atom. The molecule has 0 aliphatic carbocycles. The molecule has 3 N–H and O–H groups in total. The van der Waals surface area contributed by atoms with Gasteiger partial charge in [-0.2, -0.15) is 10.4 Å². The molecular weight excluding hydrogens is 442 g/mol. The van der Waals surface area contributed by atoms with E-state index in [0.29, 0.717) is 28.0 Å². The molecule has 170 valence electrons. The number of aromatic nitrogens is 3. The number of fused-ring (bicyclic) bond motifs is 1. The molecule has 0 saturated carbocycles. The molecule has 0 atom stereocenters. The van der Waals surface area contributed by atoms with Crippen molar-refractivity contribution in [3.8, 4) is 6.07 Å². The fourth-order valence-electron chi connectivity index (χ4n) is 3.68. The van der Waals surface area contributed by atoms with Crippen LogP contribution in [0, 0.1) is 36.8 Å². The van der Waals surface area contributed by atoms with Crippen molar-refractivity contribution in [1.82, 2.24) is 14.8 Å². The van der Waals surface area contributed by atoms with E-state index in [1.807, 2.05) is 6.07 Å². The molecule has 2 heterocycles. The number of halogens is 2. The van der Waals surface area contributed by atoms with Crippen LogP contribution in [-0.2, 0) is 6.54 Å². The Labute approximate surface area is 192 Å². The Morgan fingerprint density at radius 1 is 1.12 bits per heavy atom. The summed E-state index contributed by atoms with van der Waals surface area (Å²) in [7, 11) is 0. The lowest BCUT2D eigenvalue weighted by Gasteiger charge is -2.11. The molecular formula is C24H18F2N6O2. The van der Waals surface area contributed by atoms with Crippen LogP contribution in [0.25, 0.3) is 10.9 Å². The van der Waals surface area contributed by atoms with Crippen LogP contribution in [0.1, 0.15) is 43.4 Å². The number of anilines is 1. The van der Waals surface area contributed by atoms with Gasteiger partial charge in [-0.1, -0.05) is 6.07 Å². The lowest BCUT2D eigenvalue weighted by atomic mass is 10.1. The second kappa shape index (κ2) is 8.71. The SMILES string of the molecule is Cc1nn(Cc2ccc(F)cc2C#N)c(C)c1NC(=O)c1cc(C(N)=O)nc2cc(F)ccc12. The van der Waals surface area contributed by atoms with Gasteiger partial charge in [-0.15, -0.1) is 0 Å². The summed E-state index contributed by atoms with van der Waals surface area (Å²) < 4.78 is 28.8. The molecule has 8 nitrogen and oxygen atoms in total. The first-order valence-corrected chi connectivity index (χ1v) is 10.1. The molecule has 0 bridgehead atoms. The van der Waals surface area contributed by atoms with Gasteiger partial charge in [0.05, 0.1) is 46.3 Å². The van der Waals surface area contributed by atoms with Crippen LogP contribution in [-0.4, -0.2) is 26.6 Å². The second-order valence-corrected chi connectivity index (χ2v) is 7.65. The average molecular weight is 460 g/mol. The molecule has 0 radical (unpaired) electrons. The summed E-state index contributed by atoms with van der Waals surface area (Å²) >= 11 is 0. The number of nitrogens with two attached hydrogens (primary N) is 1. The molecule has 4 rings (SSSR count). The Morgan fingerprint density at radius 2 is 1.82 bits per heavy atom. The van der Waals surface area contributed by atoms with E-state index >= 15 is 0 Å². The van der Waals surface area contributed by atoms with Crippen LogP contribution in [0.5, 0.6) is 0 Å². The first kappa shape index (κ1) is 22.5. The Hall–Kier alpha value is -4.65. The predicted octanol–water partition coefficient (Wildman–Crippen LogP) is 3.60. The van der Waals surface area contributed by atoms with Gasteiger partial charge >= 0.3 is 0 Å². The van der Waals surface area contributed by atoms with Crippen molar-refractivity contribution < 1.29 is 18.4 Å². The van der Waals surface area contributed by atoms with E-state index in [4.69, 9.17) is 5.73 Å². The maximum atomic E-state index is 13.7. The maximum absolute atomic E-state index is 13.7. The largest absolute Gasteiger partial charge is 0.364 e. The summed E-state index contributed by atoms with van der Waals surface area (Å²) in [6, 6.07) is 10.8. The highest BCUT2D eigenvalue weighted by Gasteiger charge is 2.20. The van der Waals surface area contributed by atoms with E-state index in [-0.39, 0.29) is 28.9 Å². The van der Waals surface area contributed by atoms with Crippen molar-refractivity contribution in [2.45, 2.75) is 20.4 Å². The molecule has 0 aliphatic heterocycles. The third kappa shape index (κ3) is 4.19. The number of carbonyl (C=O) groups is 2. The number of primary amides is 1. The van der Waals surface area contributed by atoms with Crippen molar-refractivity contribution in [2.24, 2.45) is 5.73 Å². The van der Waals surface area contributed by atoms with E-state index in [9.17, 15) is 23.6 Å². The van der Waals surface area contributed by atoms with Crippen molar-refractivity contribution >= 4 is 28.4 Å². The number of nitriles is 1. The zero-order chi connectivity index (χ0) is 24.6. The summed E-state index contributed by atoms with van der Waals surface area (Å²) in [5.74, 6) is -2.50. The van der Waals surface area contributed by atoms with E-state index in [2.05, 4.69) is 15.4 Å². The highest BCUT2D eigenvalue weighted by molar-refractivity contribution is 6.14. The predicted molar refractivity (Wildman–Crippen MR) is 120 cm³/mol. The third-order valence-corrected chi connectivity index (χ3v) is 5.40. The fourth-order valence-corrected chi connectivity index (χ4v) is 3.68. The first-order valence-electron chi connectivity index (χ1n) is 10.1. The molecule has 0 unspecified atom stereocenters. The van der Waals surface area contributed by atoms with Crippen molar-refractivity contribution in [3.63, 3.8) is 0 Å². The van der Waals surface area contributed by atoms with Gasteiger partial charge in [0.1, 0.15) is 17.3 Å². The molecule has 34 heavy (non-hydrogen) atoms. The zero-order valence-corrected chi connectivity index (χ0v) is 18.2. The maximum Gasteiger partial charge on any atom is 0.267 e.